The van der Waals surface area contributed by atoms with Crippen molar-refractivity contribution in [1.29, 1.82) is 0 Å². The zero-order valence-electron chi connectivity index (χ0n) is 28.1. The van der Waals surface area contributed by atoms with E-state index < -0.39 is 0 Å². The number of fused-ring (bicyclic) bond motifs is 7. The molecule has 0 amide bonds. The average Bonchev–Trinajstić information content (AvgIpc) is 3.75. The summed E-state index contributed by atoms with van der Waals surface area (Å²) in [6.07, 6.45) is 0. The Labute approximate surface area is 311 Å². The Morgan fingerprint density at radius 2 is 1.08 bits per heavy atom. The van der Waals surface area contributed by atoms with E-state index in [-0.39, 0.29) is 0 Å². The van der Waals surface area contributed by atoms with E-state index in [0.717, 1.165) is 28.3 Å². The van der Waals surface area contributed by atoms with Crippen LogP contribution in [-0.4, -0.2) is 4.57 Å². The van der Waals surface area contributed by atoms with Gasteiger partial charge in [0.05, 0.1) is 15.7 Å². The topological polar surface area (TPSA) is 8.17 Å². The minimum absolute atomic E-state index is 0.689. The van der Waals surface area contributed by atoms with Crippen LogP contribution in [0.1, 0.15) is 0 Å². The lowest BCUT2D eigenvalue weighted by atomic mass is 9.96. The van der Waals surface area contributed by atoms with Gasteiger partial charge in [-0.05, 0) is 95.1 Å². The second-order valence-electron chi connectivity index (χ2n) is 13.1. The Morgan fingerprint density at radius 1 is 0.462 bits per heavy atom. The van der Waals surface area contributed by atoms with Crippen LogP contribution in [-0.2, 0) is 0 Å². The van der Waals surface area contributed by atoms with Crippen LogP contribution >= 0.6 is 22.9 Å². The molecular formula is C48H31ClN2S. The molecule has 0 N–H and O–H groups in total. The molecule has 4 heteroatoms. The maximum Gasteiger partial charge on any atom is 0.0720 e. The number of thiophene rings is 1. The van der Waals surface area contributed by atoms with Gasteiger partial charge in [0.2, 0.25) is 0 Å². The maximum atomic E-state index is 7.14. The third kappa shape index (κ3) is 5.09. The Morgan fingerprint density at radius 3 is 1.85 bits per heavy atom. The van der Waals surface area contributed by atoms with E-state index in [0.29, 0.717) is 5.02 Å². The van der Waals surface area contributed by atoms with E-state index in [1.807, 2.05) is 11.3 Å². The molecule has 52 heavy (non-hydrogen) atoms. The van der Waals surface area contributed by atoms with Gasteiger partial charge in [0.25, 0.3) is 0 Å². The lowest BCUT2D eigenvalue weighted by Crippen LogP contribution is -2.10. The fourth-order valence-corrected chi connectivity index (χ4v) is 9.22. The van der Waals surface area contributed by atoms with Crippen LogP contribution in [0.4, 0.5) is 17.1 Å². The fraction of sp³-hybridized carbons (Fsp3) is 0. The minimum Gasteiger partial charge on any atom is -0.310 e. The van der Waals surface area contributed by atoms with Crippen LogP contribution in [0.5, 0.6) is 0 Å². The first-order valence-electron chi connectivity index (χ1n) is 17.5. The zero-order valence-corrected chi connectivity index (χ0v) is 29.7. The molecule has 0 unspecified atom stereocenters. The van der Waals surface area contributed by atoms with Gasteiger partial charge in [-0.25, -0.2) is 0 Å². The number of rotatable bonds is 6. The van der Waals surface area contributed by atoms with Gasteiger partial charge in [-0.3, -0.25) is 0 Å². The minimum atomic E-state index is 0.689. The summed E-state index contributed by atoms with van der Waals surface area (Å²) in [6, 6.07) is 67.0. The number of hydrogen-bond donors (Lipinski definition) is 0. The third-order valence-electron chi connectivity index (χ3n) is 10.00. The molecule has 0 aliphatic heterocycles. The Kier molecular flexibility index (Phi) is 7.42. The number of halogens is 1. The smallest absolute Gasteiger partial charge is 0.0720 e. The predicted molar refractivity (Wildman–Crippen MR) is 224 cm³/mol. The highest BCUT2D eigenvalue weighted by Crippen LogP contribution is 2.49. The van der Waals surface area contributed by atoms with Gasteiger partial charge in [-0.15, -0.1) is 11.3 Å². The molecule has 0 aliphatic carbocycles. The first kappa shape index (κ1) is 30.7. The summed E-state index contributed by atoms with van der Waals surface area (Å²) < 4.78 is 4.97. The number of aromatic nitrogens is 1. The van der Waals surface area contributed by atoms with Crippen molar-refractivity contribution >= 4 is 82.0 Å². The van der Waals surface area contributed by atoms with Crippen molar-refractivity contribution in [3.8, 4) is 27.9 Å². The van der Waals surface area contributed by atoms with Gasteiger partial charge in [0, 0.05) is 54.0 Å². The molecule has 246 valence electrons. The second-order valence-corrected chi connectivity index (χ2v) is 14.6. The van der Waals surface area contributed by atoms with E-state index in [2.05, 4.69) is 198 Å². The van der Waals surface area contributed by atoms with Crippen molar-refractivity contribution in [2.24, 2.45) is 0 Å². The van der Waals surface area contributed by atoms with E-state index in [9.17, 15) is 0 Å². The lowest BCUT2D eigenvalue weighted by Gasteiger charge is -2.26. The third-order valence-corrected chi connectivity index (χ3v) is 11.4. The monoisotopic (exact) mass is 702 g/mol. The summed E-state index contributed by atoms with van der Waals surface area (Å²) in [7, 11) is 0. The molecule has 2 aromatic heterocycles. The number of benzene rings is 8. The molecule has 0 saturated heterocycles. The zero-order chi connectivity index (χ0) is 34.6. The number of hydrogen-bond acceptors (Lipinski definition) is 2. The SMILES string of the molecule is Clc1cc(-c2cc3c4ccccc4n(-c4ccccc4)c3c3sc4ccccc4c23)cc(N(c2ccccc2)c2ccc(-c3ccccc3)cc2)c1. The molecule has 0 aliphatic rings. The summed E-state index contributed by atoms with van der Waals surface area (Å²) >= 11 is 9.00. The molecule has 0 radical (unpaired) electrons. The highest BCUT2D eigenvalue weighted by atomic mass is 35.5. The quantitative estimate of drug-likeness (QED) is 0.167. The first-order valence-corrected chi connectivity index (χ1v) is 18.7. The van der Waals surface area contributed by atoms with E-state index in [4.69, 9.17) is 11.6 Å². The van der Waals surface area contributed by atoms with Gasteiger partial charge in [-0.2, -0.15) is 0 Å². The molecular weight excluding hydrogens is 672 g/mol. The largest absolute Gasteiger partial charge is 0.310 e. The Bertz CT molecular complexity index is 2890. The van der Waals surface area contributed by atoms with Crippen LogP contribution in [0, 0.1) is 0 Å². The molecule has 2 heterocycles. The van der Waals surface area contributed by atoms with Crippen LogP contribution < -0.4 is 4.90 Å². The number of nitrogens with zero attached hydrogens (tertiary/aromatic N) is 2. The molecule has 0 saturated carbocycles. The predicted octanol–water partition coefficient (Wildman–Crippen LogP) is 14.6. The number of para-hydroxylation sites is 3. The molecule has 0 spiro atoms. The van der Waals surface area contributed by atoms with Crippen LogP contribution in [0.3, 0.4) is 0 Å². The first-order chi connectivity index (χ1) is 25.7. The van der Waals surface area contributed by atoms with E-state index in [1.165, 1.54) is 58.7 Å². The Balaban J connectivity index is 1.23. The molecule has 10 rings (SSSR count). The summed E-state index contributed by atoms with van der Waals surface area (Å²) in [5.74, 6) is 0. The summed E-state index contributed by atoms with van der Waals surface area (Å²) in [4.78, 5) is 2.30. The lowest BCUT2D eigenvalue weighted by molar-refractivity contribution is 1.19. The fourth-order valence-electron chi connectivity index (χ4n) is 7.72. The summed E-state index contributed by atoms with van der Waals surface area (Å²) in [6.45, 7) is 0. The maximum absolute atomic E-state index is 7.14. The standard InChI is InChI=1S/C48H31ClN2S/c49-35-28-34(29-39(30-35)50(36-16-6-2-7-17-36)38-26-24-33(25-27-38)32-14-4-1-5-15-32)42-31-43-40-20-10-12-22-44(40)51(37-18-8-3-9-19-37)47(43)48-46(42)41-21-11-13-23-45(41)52-48/h1-31H. The summed E-state index contributed by atoms with van der Waals surface area (Å²) in [5.41, 5.74) is 11.3. The molecule has 0 atom stereocenters. The molecule has 10 aromatic rings. The highest BCUT2D eigenvalue weighted by Gasteiger charge is 2.22. The van der Waals surface area contributed by atoms with Gasteiger partial charge < -0.3 is 9.47 Å². The highest BCUT2D eigenvalue weighted by molar-refractivity contribution is 7.26. The van der Waals surface area contributed by atoms with Gasteiger partial charge in [0.1, 0.15) is 0 Å². The molecule has 8 aromatic carbocycles. The molecule has 2 nitrogen and oxygen atoms in total. The van der Waals surface area contributed by atoms with Crippen molar-refractivity contribution < 1.29 is 0 Å². The molecule has 0 fully saturated rings. The van der Waals surface area contributed by atoms with Gasteiger partial charge in [-0.1, -0.05) is 127 Å². The van der Waals surface area contributed by atoms with E-state index in [1.54, 1.807) is 0 Å². The van der Waals surface area contributed by atoms with Gasteiger partial charge in [0.15, 0.2) is 0 Å². The summed E-state index contributed by atoms with van der Waals surface area (Å²) in [5, 5.41) is 5.65. The number of anilines is 3. The average molecular weight is 703 g/mol. The normalized spacial score (nSPS) is 11.6. The van der Waals surface area contributed by atoms with Crippen molar-refractivity contribution in [2.45, 2.75) is 0 Å². The van der Waals surface area contributed by atoms with Crippen molar-refractivity contribution in [1.82, 2.24) is 4.57 Å². The van der Waals surface area contributed by atoms with Crippen molar-refractivity contribution in [2.75, 3.05) is 4.90 Å². The van der Waals surface area contributed by atoms with Gasteiger partial charge >= 0.3 is 0 Å². The Hall–Kier alpha value is -6.13. The van der Waals surface area contributed by atoms with Crippen molar-refractivity contribution in [3.63, 3.8) is 0 Å². The van der Waals surface area contributed by atoms with Crippen molar-refractivity contribution in [3.05, 3.63) is 193 Å². The van der Waals surface area contributed by atoms with E-state index >= 15 is 0 Å². The van der Waals surface area contributed by atoms with Crippen LogP contribution in [0.2, 0.25) is 5.02 Å². The van der Waals surface area contributed by atoms with Crippen LogP contribution in [0.15, 0.2) is 188 Å². The second kappa shape index (κ2) is 12.6. The van der Waals surface area contributed by atoms with Crippen LogP contribution in [0.25, 0.3) is 69.9 Å². The molecule has 0 bridgehead atoms.